The molecule has 2 aromatic carbocycles. The van der Waals surface area contributed by atoms with Crippen LogP contribution < -0.4 is 0 Å². The molecule has 2 aromatic rings. The van der Waals surface area contributed by atoms with E-state index in [4.69, 9.17) is 5.11 Å². The van der Waals surface area contributed by atoms with Gasteiger partial charge in [-0.25, -0.2) is 0 Å². The van der Waals surface area contributed by atoms with Gasteiger partial charge >= 0.3 is 0 Å². The first-order valence-corrected chi connectivity index (χ1v) is 5.71. The van der Waals surface area contributed by atoms with Crippen molar-refractivity contribution in [2.24, 2.45) is 0 Å². The minimum absolute atomic E-state index is 0.123. The molecule has 0 atom stereocenters. The van der Waals surface area contributed by atoms with Crippen LogP contribution in [0.15, 0.2) is 42.5 Å². The second-order valence-electron chi connectivity index (χ2n) is 4.14. The number of benzene rings is 2. The summed E-state index contributed by atoms with van der Waals surface area (Å²) < 4.78 is 0. The molecule has 0 bridgehead atoms. The van der Waals surface area contributed by atoms with Crippen LogP contribution in [0, 0.1) is 6.92 Å². The molecule has 17 heavy (non-hydrogen) atoms. The molecule has 88 valence electrons. The topological polar surface area (TPSA) is 40.5 Å². The normalized spacial score (nSPS) is 10.5. The average molecular weight is 228 g/mol. The SMILES string of the molecule is Cc1ccccc1-c1cc(CCO)ccc1O. The van der Waals surface area contributed by atoms with Crippen LogP contribution in [0.5, 0.6) is 5.75 Å². The molecule has 0 saturated carbocycles. The highest BCUT2D eigenvalue weighted by Crippen LogP contribution is 2.32. The Bertz CT molecular complexity index is 518. The van der Waals surface area contributed by atoms with Gasteiger partial charge in [0, 0.05) is 12.2 Å². The quantitative estimate of drug-likeness (QED) is 0.848. The van der Waals surface area contributed by atoms with E-state index in [1.807, 2.05) is 43.3 Å². The Kier molecular flexibility index (Phi) is 3.45. The Hall–Kier alpha value is -1.80. The summed E-state index contributed by atoms with van der Waals surface area (Å²) in [6.07, 6.45) is 0.610. The van der Waals surface area contributed by atoms with Crippen molar-refractivity contribution in [2.45, 2.75) is 13.3 Å². The summed E-state index contributed by atoms with van der Waals surface area (Å²) in [5.41, 5.74) is 4.02. The first-order chi connectivity index (χ1) is 8.22. The summed E-state index contributed by atoms with van der Waals surface area (Å²) in [7, 11) is 0. The van der Waals surface area contributed by atoms with Gasteiger partial charge in [0.15, 0.2) is 0 Å². The lowest BCUT2D eigenvalue weighted by molar-refractivity contribution is 0.299. The molecule has 0 saturated heterocycles. The predicted molar refractivity (Wildman–Crippen MR) is 69.1 cm³/mol. The maximum atomic E-state index is 9.92. The molecule has 0 spiro atoms. The lowest BCUT2D eigenvalue weighted by atomic mass is 9.97. The van der Waals surface area contributed by atoms with Crippen molar-refractivity contribution in [3.63, 3.8) is 0 Å². The number of aryl methyl sites for hydroxylation is 1. The zero-order valence-electron chi connectivity index (χ0n) is 9.85. The van der Waals surface area contributed by atoms with Crippen LogP contribution in [0.25, 0.3) is 11.1 Å². The highest BCUT2D eigenvalue weighted by Gasteiger charge is 2.07. The van der Waals surface area contributed by atoms with Gasteiger partial charge in [0.1, 0.15) is 5.75 Å². The number of rotatable bonds is 3. The minimum atomic E-state index is 0.123. The van der Waals surface area contributed by atoms with E-state index in [9.17, 15) is 5.11 Å². The Labute approximate surface area is 101 Å². The predicted octanol–water partition coefficient (Wildman–Crippen LogP) is 2.90. The summed E-state index contributed by atoms with van der Waals surface area (Å²) in [5, 5.41) is 18.9. The molecule has 0 aliphatic heterocycles. The number of aliphatic hydroxyl groups is 1. The maximum absolute atomic E-state index is 9.92. The second kappa shape index (κ2) is 5.02. The Morgan fingerprint density at radius 1 is 1.00 bits per heavy atom. The van der Waals surface area contributed by atoms with Gasteiger partial charge in [-0.3, -0.25) is 0 Å². The van der Waals surface area contributed by atoms with Crippen LogP contribution in [0.2, 0.25) is 0 Å². The number of phenolic OH excluding ortho intramolecular Hbond substituents is 1. The summed E-state index contributed by atoms with van der Waals surface area (Å²) >= 11 is 0. The van der Waals surface area contributed by atoms with E-state index in [0.29, 0.717) is 6.42 Å². The zero-order chi connectivity index (χ0) is 12.3. The molecule has 0 heterocycles. The molecule has 2 N–H and O–H groups in total. The molecular weight excluding hydrogens is 212 g/mol. The van der Waals surface area contributed by atoms with E-state index in [0.717, 1.165) is 22.3 Å². The largest absolute Gasteiger partial charge is 0.507 e. The van der Waals surface area contributed by atoms with Crippen molar-refractivity contribution in [1.82, 2.24) is 0 Å². The van der Waals surface area contributed by atoms with Gasteiger partial charge in [0.2, 0.25) is 0 Å². The van der Waals surface area contributed by atoms with E-state index in [1.54, 1.807) is 6.07 Å². The number of hydrogen-bond donors (Lipinski definition) is 2. The molecule has 0 aromatic heterocycles. The molecular formula is C15H16O2. The molecule has 0 unspecified atom stereocenters. The van der Waals surface area contributed by atoms with Crippen LogP contribution in [-0.2, 0) is 6.42 Å². The van der Waals surface area contributed by atoms with E-state index in [1.165, 1.54) is 0 Å². The molecule has 2 rings (SSSR count). The van der Waals surface area contributed by atoms with Gasteiger partial charge in [-0.05, 0) is 42.2 Å². The van der Waals surface area contributed by atoms with Crippen LogP contribution in [-0.4, -0.2) is 16.8 Å². The Balaban J connectivity index is 2.51. The third-order valence-corrected chi connectivity index (χ3v) is 2.90. The molecule has 0 fully saturated rings. The molecule has 0 aliphatic rings. The fourth-order valence-electron chi connectivity index (χ4n) is 1.96. The number of aliphatic hydroxyl groups excluding tert-OH is 1. The van der Waals surface area contributed by atoms with Crippen molar-refractivity contribution in [2.75, 3.05) is 6.61 Å². The summed E-state index contributed by atoms with van der Waals surface area (Å²) in [4.78, 5) is 0. The zero-order valence-corrected chi connectivity index (χ0v) is 9.85. The molecule has 2 nitrogen and oxygen atoms in total. The van der Waals surface area contributed by atoms with E-state index in [-0.39, 0.29) is 12.4 Å². The van der Waals surface area contributed by atoms with Gasteiger partial charge in [-0.2, -0.15) is 0 Å². The van der Waals surface area contributed by atoms with Crippen LogP contribution in [0.1, 0.15) is 11.1 Å². The van der Waals surface area contributed by atoms with Crippen molar-refractivity contribution in [3.8, 4) is 16.9 Å². The maximum Gasteiger partial charge on any atom is 0.123 e. The first kappa shape index (κ1) is 11.7. The molecule has 2 heteroatoms. The monoisotopic (exact) mass is 228 g/mol. The average Bonchev–Trinajstić information content (AvgIpc) is 2.33. The second-order valence-corrected chi connectivity index (χ2v) is 4.14. The Morgan fingerprint density at radius 2 is 1.76 bits per heavy atom. The van der Waals surface area contributed by atoms with E-state index < -0.39 is 0 Å². The smallest absolute Gasteiger partial charge is 0.123 e. The van der Waals surface area contributed by atoms with Crippen LogP contribution >= 0.6 is 0 Å². The van der Waals surface area contributed by atoms with E-state index >= 15 is 0 Å². The lowest BCUT2D eigenvalue weighted by Crippen LogP contribution is -1.92. The standard InChI is InChI=1S/C15H16O2/c1-11-4-2-3-5-13(11)14-10-12(8-9-16)6-7-15(14)17/h2-7,10,16-17H,8-9H2,1H3. The minimum Gasteiger partial charge on any atom is -0.507 e. The summed E-state index contributed by atoms with van der Waals surface area (Å²) in [5.74, 6) is 0.279. The molecule has 0 radical (unpaired) electrons. The number of hydrogen-bond acceptors (Lipinski definition) is 2. The van der Waals surface area contributed by atoms with Gasteiger partial charge in [0.25, 0.3) is 0 Å². The van der Waals surface area contributed by atoms with Crippen molar-refractivity contribution >= 4 is 0 Å². The lowest BCUT2D eigenvalue weighted by Gasteiger charge is -2.10. The fraction of sp³-hybridized carbons (Fsp3) is 0.200. The molecule has 0 amide bonds. The highest BCUT2D eigenvalue weighted by atomic mass is 16.3. The third kappa shape index (κ3) is 2.48. The van der Waals surface area contributed by atoms with Crippen molar-refractivity contribution in [3.05, 3.63) is 53.6 Å². The third-order valence-electron chi connectivity index (χ3n) is 2.90. The highest BCUT2D eigenvalue weighted by molar-refractivity contribution is 5.73. The number of phenols is 1. The van der Waals surface area contributed by atoms with Gasteiger partial charge in [0.05, 0.1) is 0 Å². The van der Waals surface area contributed by atoms with Crippen molar-refractivity contribution in [1.29, 1.82) is 0 Å². The van der Waals surface area contributed by atoms with Gasteiger partial charge in [-0.1, -0.05) is 30.3 Å². The summed E-state index contributed by atoms with van der Waals surface area (Å²) in [6.45, 7) is 2.14. The molecule has 0 aliphatic carbocycles. The van der Waals surface area contributed by atoms with Crippen molar-refractivity contribution < 1.29 is 10.2 Å². The van der Waals surface area contributed by atoms with Crippen LogP contribution in [0.3, 0.4) is 0 Å². The Morgan fingerprint density at radius 3 is 2.47 bits per heavy atom. The first-order valence-electron chi connectivity index (χ1n) is 5.71. The van der Waals surface area contributed by atoms with Crippen LogP contribution in [0.4, 0.5) is 0 Å². The van der Waals surface area contributed by atoms with Gasteiger partial charge < -0.3 is 10.2 Å². The fourth-order valence-corrected chi connectivity index (χ4v) is 1.96. The number of aromatic hydroxyl groups is 1. The summed E-state index contributed by atoms with van der Waals surface area (Å²) in [6, 6.07) is 13.4. The van der Waals surface area contributed by atoms with Gasteiger partial charge in [-0.15, -0.1) is 0 Å². The van der Waals surface area contributed by atoms with E-state index in [2.05, 4.69) is 0 Å².